The van der Waals surface area contributed by atoms with E-state index in [-0.39, 0.29) is 5.56 Å². The molecule has 0 saturated heterocycles. The topological polar surface area (TPSA) is 69.9 Å². The number of unbranched alkanes of at least 4 members (excludes halogenated alkanes) is 1. The summed E-state index contributed by atoms with van der Waals surface area (Å²) in [6, 6.07) is 11.9. The molecule has 4 rings (SSSR count). The smallest absolute Gasteiger partial charge is 0.338 e. The molecule has 1 atom stereocenters. The Morgan fingerprint density at radius 1 is 1.17 bits per heavy atom. The van der Waals surface area contributed by atoms with E-state index in [9.17, 15) is 9.59 Å². The first-order valence-electron chi connectivity index (χ1n) is 11.1. The third-order valence-electron chi connectivity index (χ3n) is 5.63. The molecule has 0 N–H and O–H groups in total. The Morgan fingerprint density at radius 2 is 1.91 bits per heavy atom. The van der Waals surface area contributed by atoms with E-state index in [4.69, 9.17) is 32.7 Å². The number of rotatable bonds is 7. The number of halogens is 2. The van der Waals surface area contributed by atoms with E-state index in [0.29, 0.717) is 37.3 Å². The van der Waals surface area contributed by atoms with Crippen LogP contribution in [0.5, 0.6) is 5.75 Å². The number of aromatic nitrogens is 1. The van der Waals surface area contributed by atoms with Gasteiger partial charge in [0.1, 0.15) is 5.75 Å². The highest BCUT2D eigenvalue weighted by Crippen LogP contribution is 2.31. The van der Waals surface area contributed by atoms with Crippen molar-refractivity contribution in [2.75, 3.05) is 13.7 Å². The minimum absolute atomic E-state index is 0.262. The molecular formula is C26H24Cl2N2O4S. The number of thiazole rings is 1. The summed E-state index contributed by atoms with van der Waals surface area (Å²) >= 11 is 13.4. The third kappa shape index (κ3) is 5.22. The zero-order valence-corrected chi connectivity index (χ0v) is 21.8. The standard InChI is InChI=1S/C26H24Cl2N2O4S/c1-4-5-12-34-18-9-7-17(8-10-18)23-22(25(32)33-3)15(2)29-26-30(23)24(31)21(35-26)14-16-6-11-19(27)20(28)13-16/h6-11,13-14,23H,4-5,12H2,1-3H3/b21-14-. The van der Waals surface area contributed by atoms with E-state index in [2.05, 4.69) is 11.9 Å². The summed E-state index contributed by atoms with van der Waals surface area (Å²) in [6.45, 7) is 4.48. The second kappa shape index (κ2) is 10.8. The zero-order valence-electron chi connectivity index (χ0n) is 19.5. The molecule has 1 aliphatic heterocycles. The lowest BCUT2D eigenvalue weighted by Crippen LogP contribution is -2.39. The Bertz CT molecular complexity index is 1470. The lowest BCUT2D eigenvalue weighted by atomic mass is 9.96. The predicted molar refractivity (Wildman–Crippen MR) is 139 cm³/mol. The molecule has 3 aromatic rings. The van der Waals surface area contributed by atoms with Crippen LogP contribution in [-0.4, -0.2) is 24.3 Å². The van der Waals surface area contributed by atoms with E-state index < -0.39 is 12.0 Å². The maximum atomic E-state index is 13.6. The van der Waals surface area contributed by atoms with Crippen molar-refractivity contribution in [1.82, 2.24) is 4.57 Å². The number of carbonyl (C=O) groups is 1. The van der Waals surface area contributed by atoms with E-state index in [0.717, 1.165) is 29.7 Å². The largest absolute Gasteiger partial charge is 0.494 e. The zero-order chi connectivity index (χ0) is 25.1. The Hall–Kier alpha value is -2.87. The third-order valence-corrected chi connectivity index (χ3v) is 7.35. The summed E-state index contributed by atoms with van der Waals surface area (Å²) in [7, 11) is 1.32. The van der Waals surface area contributed by atoms with Crippen molar-refractivity contribution in [3.8, 4) is 5.75 Å². The molecule has 1 unspecified atom stereocenters. The summed E-state index contributed by atoms with van der Waals surface area (Å²) in [5.41, 5.74) is 2.05. The number of ether oxygens (including phenoxy) is 2. The van der Waals surface area contributed by atoms with Crippen molar-refractivity contribution in [2.45, 2.75) is 32.7 Å². The molecule has 2 heterocycles. The molecule has 9 heteroatoms. The van der Waals surface area contributed by atoms with Crippen LogP contribution < -0.4 is 19.6 Å². The highest BCUT2D eigenvalue weighted by Gasteiger charge is 2.33. The molecule has 182 valence electrons. The molecule has 2 aromatic carbocycles. The molecule has 0 spiro atoms. The van der Waals surface area contributed by atoms with Gasteiger partial charge in [0.15, 0.2) is 4.80 Å². The van der Waals surface area contributed by atoms with Crippen molar-refractivity contribution in [3.63, 3.8) is 0 Å². The Balaban J connectivity index is 1.84. The van der Waals surface area contributed by atoms with Crippen LogP contribution in [0.1, 0.15) is 43.9 Å². The average Bonchev–Trinajstić information content (AvgIpc) is 3.15. The lowest BCUT2D eigenvalue weighted by molar-refractivity contribution is -0.136. The molecule has 1 aromatic heterocycles. The highest BCUT2D eigenvalue weighted by atomic mass is 35.5. The van der Waals surface area contributed by atoms with Gasteiger partial charge in [-0.3, -0.25) is 9.36 Å². The van der Waals surface area contributed by atoms with Gasteiger partial charge in [0, 0.05) is 0 Å². The molecule has 1 aliphatic rings. The fourth-order valence-electron chi connectivity index (χ4n) is 3.84. The van der Waals surface area contributed by atoms with Crippen LogP contribution in [0.15, 0.2) is 63.5 Å². The van der Waals surface area contributed by atoms with Crippen molar-refractivity contribution in [1.29, 1.82) is 0 Å². The first-order chi connectivity index (χ1) is 16.8. The van der Waals surface area contributed by atoms with Gasteiger partial charge >= 0.3 is 5.97 Å². The fraction of sp³-hybridized carbons (Fsp3) is 0.269. The van der Waals surface area contributed by atoms with Crippen LogP contribution in [0, 0.1) is 0 Å². The van der Waals surface area contributed by atoms with Crippen molar-refractivity contribution in [2.24, 2.45) is 4.99 Å². The number of nitrogens with zero attached hydrogens (tertiary/aromatic N) is 2. The van der Waals surface area contributed by atoms with Gasteiger partial charge in [0.2, 0.25) is 0 Å². The number of hydrogen-bond donors (Lipinski definition) is 0. The number of carbonyl (C=O) groups excluding carboxylic acids is 1. The maximum Gasteiger partial charge on any atom is 0.338 e. The summed E-state index contributed by atoms with van der Waals surface area (Å²) < 4.78 is 12.8. The second-order valence-electron chi connectivity index (χ2n) is 8.02. The average molecular weight is 531 g/mol. The summed E-state index contributed by atoms with van der Waals surface area (Å²) in [5, 5.41) is 0.835. The van der Waals surface area contributed by atoms with Crippen LogP contribution in [0.25, 0.3) is 6.08 Å². The highest BCUT2D eigenvalue weighted by molar-refractivity contribution is 7.07. The Labute approximate surface area is 216 Å². The first kappa shape index (κ1) is 25.2. The molecular weight excluding hydrogens is 507 g/mol. The molecule has 0 aliphatic carbocycles. The quantitative estimate of drug-likeness (QED) is 0.322. The van der Waals surface area contributed by atoms with E-state index in [1.54, 1.807) is 35.8 Å². The number of allylic oxidation sites excluding steroid dienone is 1. The lowest BCUT2D eigenvalue weighted by Gasteiger charge is -2.24. The van der Waals surface area contributed by atoms with Gasteiger partial charge in [-0.1, -0.05) is 66.1 Å². The Morgan fingerprint density at radius 3 is 2.57 bits per heavy atom. The van der Waals surface area contributed by atoms with Crippen LogP contribution in [0.3, 0.4) is 0 Å². The van der Waals surface area contributed by atoms with Crippen molar-refractivity contribution >= 4 is 46.6 Å². The van der Waals surface area contributed by atoms with E-state index in [1.165, 1.54) is 18.4 Å². The molecule has 0 fully saturated rings. The van der Waals surface area contributed by atoms with Crippen molar-refractivity contribution in [3.05, 3.63) is 94.6 Å². The molecule has 6 nitrogen and oxygen atoms in total. The number of esters is 1. The van der Waals surface area contributed by atoms with Gasteiger partial charge in [-0.25, -0.2) is 9.79 Å². The second-order valence-corrected chi connectivity index (χ2v) is 9.84. The normalized spacial score (nSPS) is 15.6. The molecule has 0 amide bonds. The first-order valence-corrected chi connectivity index (χ1v) is 12.7. The van der Waals surface area contributed by atoms with E-state index >= 15 is 0 Å². The van der Waals surface area contributed by atoms with Crippen LogP contribution >= 0.6 is 34.5 Å². The number of hydrogen-bond acceptors (Lipinski definition) is 6. The van der Waals surface area contributed by atoms with Crippen LogP contribution in [-0.2, 0) is 9.53 Å². The van der Waals surface area contributed by atoms with Gasteiger partial charge in [0.25, 0.3) is 5.56 Å². The van der Waals surface area contributed by atoms with Gasteiger partial charge in [-0.15, -0.1) is 0 Å². The molecule has 0 saturated carbocycles. The van der Waals surface area contributed by atoms with Crippen LogP contribution in [0.4, 0.5) is 0 Å². The van der Waals surface area contributed by atoms with Crippen molar-refractivity contribution < 1.29 is 14.3 Å². The Kier molecular flexibility index (Phi) is 7.79. The van der Waals surface area contributed by atoms with Gasteiger partial charge in [0.05, 0.1) is 45.6 Å². The fourth-order valence-corrected chi connectivity index (χ4v) is 5.20. The monoisotopic (exact) mass is 530 g/mol. The number of fused-ring (bicyclic) bond motifs is 1. The van der Waals surface area contributed by atoms with E-state index in [1.807, 2.05) is 24.3 Å². The van der Waals surface area contributed by atoms with Gasteiger partial charge in [-0.05, 0) is 54.8 Å². The minimum atomic E-state index is -0.681. The summed E-state index contributed by atoms with van der Waals surface area (Å²) in [6.07, 6.45) is 3.75. The number of benzene rings is 2. The summed E-state index contributed by atoms with van der Waals surface area (Å²) in [5.74, 6) is 0.202. The predicted octanol–water partition coefficient (Wildman–Crippen LogP) is 4.89. The van der Waals surface area contributed by atoms with Crippen LogP contribution in [0.2, 0.25) is 10.0 Å². The summed E-state index contributed by atoms with van der Waals surface area (Å²) in [4.78, 5) is 31.4. The van der Waals surface area contributed by atoms with Gasteiger partial charge < -0.3 is 9.47 Å². The maximum absolute atomic E-state index is 13.6. The number of methoxy groups -OCH3 is 1. The molecule has 0 radical (unpaired) electrons. The molecule has 0 bridgehead atoms. The minimum Gasteiger partial charge on any atom is -0.494 e. The van der Waals surface area contributed by atoms with Gasteiger partial charge in [-0.2, -0.15) is 0 Å². The molecule has 35 heavy (non-hydrogen) atoms. The SMILES string of the molecule is CCCCOc1ccc(C2C(C(=O)OC)=C(C)N=c3s/c(=C\c4ccc(Cl)c(Cl)c4)c(=O)n32)cc1.